The highest BCUT2D eigenvalue weighted by atomic mass is 32.1. The van der Waals surface area contributed by atoms with E-state index in [0.717, 1.165) is 32.4 Å². The summed E-state index contributed by atoms with van der Waals surface area (Å²) in [4.78, 5) is 13.2. The number of nitrogens with one attached hydrogen (secondary N) is 1. The maximum Gasteiger partial charge on any atom is 0.219 e. The number of piperidine rings is 1. The van der Waals surface area contributed by atoms with Crippen molar-refractivity contribution in [3.63, 3.8) is 0 Å². The number of carbonyl (C=O) groups excluding carboxylic acids is 1. The number of nitrogens with zero attached hydrogens (tertiary/aromatic N) is 1. The zero-order valence-corrected chi connectivity index (χ0v) is 12.0. The van der Waals surface area contributed by atoms with Crippen LogP contribution in [0.1, 0.15) is 32.3 Å². The van der Waals surface area contributed by atoms with Gasteiger partial charge in [0.1, 0.15) is 0 Å². The van der Waals surface area contributed by atoms with Crippen LogP contribution in [0.25, 0.3) is 0 Å². The van der Waals surface area contributed by atoms with Crippen molar-refractivity contribution < 1.29 is 4.79 Å². The molecule has 1 saturated heterocycles. The zero-order chi connectivity index (χ0) is 13.0. The van der Waals surface area contributed by atoms with Crippen LogP contribution in [-0.2, 0) is 11.2 Å². The maximum absolute atomic E-state index is 11.2. The first-order chi connectivity index (χ1) is 8.65. The summed E-state index contributed by atoms with van der Waals surface area (Å²) >= 11 is 1.76. The number of likely N-dealkylation sites (tertiary alicyclic amines) is 1. The SMILES string of the molecule is CC(=O)N1CCC(NC(C)Cc2ccsc2)CC1. The number of thiophene rings is 1. The largest absolute Gasteiger partial charge is 0.343 e. The fraction of sp³-hybridized carbons (Fsp3) is 0.643. The monoisotopic (exact) mass is 266 g/mol. The van der Waals surface area contributed by atoms with Crippen molar-refractivity contribution in [1.82, 2.24) is 10.2 Å². The normalized spacial score (nSPS) is 18.9. The molecule has 0 aliphatic carbocycles. The highest BCUT2D eigenvalue weighted by Gasteiger charge is 2.21. The lowest BCUT2D eigenvalue weighted by Gasteiger charge is -2.33. The molecule has 1 aromatic heterocycles. The average molecular weight is 266 g/mol. The second-order valence-corrected chi connectivity index (χ2v) is 5.96. The van der Waals surface area contributed by atoms with Gasteiger partial charge in [0.15, 0.2) is 0 Å². The van der Waals surface area contributed by atoms with Crippen molar-refractivity contribution in [2.24, 2.45) is 0 Å². The maximum atomic E-state index is 11.2. The Morgan fingerprint density at radius 2 is 2.28 bits per heavy atom. The fourth-order valence-corrected chi connectivity index (χ4v) is 3.27. The van der Waals surface area contributed by atoms with Crippen molar-refractivity contribution >= 4 is 17.2 Å². The second kappa shape index (κ2) is 6.34. The van der Waals surface area contributed by atoms with Gasteiger partial charge < -0.3 is 10.2 Å². The Kier molecular flexibility index (Phi) is 4.78. The highest BCUT2D eigenvalue weighted by molar-refractivity contribution is 7.07. The molecule has 18 heavy (non-hydrogen) atoms. The number of rotatable bonds is 4. The van der Waals surface area contributed by atoms with Crippen molar-refractivity contribution in [3.8, 4) is 0 Å². The minimum Gasteiger partial charge on any atom is -0.343 e. The van der Waals surface area contributed by atoms with E-state index >= 15 is 0 Å². The summed E-state index contributed by atoms with van der Waals surface area (Å²) in [6, 6.07) is 3.27. The van der Waals surface area contributed by atoms with Gasteiger partial charge in [-0.25, -0.2) is 0 Å². The summed E-state index contributed by atoms with van der Waals surface area (Å²) in [6.45, 7) is 5.71. The Morgan fingerprint density at radius 3 is 2.83 bits per heavy atom. The third-order valence-corrected chi connectivity index (χ3v) is 4.31. The van der Waals surface area contributed by atoms with Crippen LogP contribution in [0.4, 0.5) is 0 Å². The van der Waals surface area contributed by atoms with E-state index in [-0.39, 0.29) is 5.91 Å². The molecule has 2 rings (SSSR count). The summed E-state index contributed by atoms with van der Waals surface area (Å²) < 4.78 is 0. The number of amides is 1. The molecule has 0 spiro atoms. The summed E-state index contributed by atoms with van der Waals surface area (Å²) in [5.74, 6) is 0.208. The molecule has 0 aromatic carbocycles. The van der Waals surface area contributed by atoms with Gasteiger partial charge in [0.25, 0.3) is 0 Å². The number of hydrogen-bond donors (Lipinski definition) is 1. The lowest BCUT2D eigenvalue weighted by molar-refractivity contribution is -0.129. The molecule has 1 atom stereocenters. The molecule has 1 fully saturated rings. The van der Waals surface area contributed by atoms with Crippen molar-refractivity contribution in [2.75, 3.05) is 13.1 Å². The molecular formula is C14H22N2OS. The van der Waals surface area contributed by atoms with Crippen LogP contribution >= 0.6 is 11.3 Å². The lowest BCUT2D eigenvalue weighted by atomic mass is 10.0. The lowest BCUT2D eigenvalue weighted by Crippen LogP contribution is -2.47. The smallest absolute Gasteiger partial charge is 0.219 e. The Labute approximate surface area is 113 Å². The Morgan fingerprint density at radius 1 is 1.56 bits per heavy atom. The topological polar surface area (TPSA) is 32.3 Å². The Balaban J connectivity index is 1.72. The number of hydrogen-bond acceptors (Lipinski definition) is 3. The summed E-state index contributed by atoms with van der Waals surface area (Å²) in [5.41, 5.74) is 1.42. The molecule has 4 heteroatoms. The van der Waals surface area contributed by atoms with Crippen LogP contribution in [0, 0.1) is 0 Å². The first kappa shape index (κ1) is 13.6. The molecule has 1 aliphatic heterocycles. The minimum absolute atomic E-state index is 0.208. The molecule has 0 bridgehead atoms. The average Bonchev–Trinajstić information content (AvgIpc) is 2.82. The molecule has 2 heterocycles. The summed E-state index contributed by atoms with van der Waals surface area (Å²) in [5, 5.41) is 8.03. The first-order valence-corrected chi connectivity index (χ1v) is 7.62. The molecular weight excluding hydrogens is 244 g/mol. The van der Waals surface area contributed by atoms with Crippen molar-refractivity contribution in [2.45, 2.75) is 45.2 Å². The standard InChI is InChI=1S/C14H22N2OS/c1-11(9-13-5-8-18-10-13)15-14-3-6-16(7-4-14)12(2)17/h5,8,10-11,14-15H,3-4,6-7,9H2,1-2H3. The first-order valence-electron chi connectivity index (χ1n) is 6.68. The molecule has 1 amide bonds. The quantitative estimate of drug-likeness (QED) is 0.907. The molecule has 1 unspecified atom stereocenters. The van der Waals surface area contributed by atoms with E-state index in [4.69, 9.17) is 0 Å². The summed E-state index contributed by atoms with van der Waals surface area (Å²) in [7, 11) is 0. The van der Waals surface area contributed by atoms with Crippen LogP contribution in [-0.4, -0.2) is 36.0 Å². The van der Waals surface area contributed by atoms with E-state index in [0.29, 0.717) is 12.1 Å². The van der Waals surface area contributed by atoms with E-state index in [9.17, 15) is 4.79 Å². The van der Waals surface area contributed by atoms with Gasteiger partial charge in [-0.05, 0) is 48.6 Å². The van der Waals surface area contributed by atoms with Gasteiger partial charge in [-0.2, -0.15) is 11.3 Å². The molecule has 0 saturated carbocycles. The molecule has 3 nitrogen and oxygen atoms in total. The number of carbonyl (C=O) groups is 1. The van der Waals surface area contributed by atoms with Gasteiger partial charge in [-0.1, -0.05) is 0 Å². The van der Waals surface area contributed by atoms with E-state index in [1.165, 1.54) is 5.56 Å². The minimum atomic E-state index is 0.208. The van der Waals surface area contributed by atoms with Gasteiger partial charge in [-0.15, -0.1) is 0 Å². The van der Waals surface area contributed by atoms with E-state index in [1.54, 1.807) is 18.3 Å². The van der Waals surface area contributed by atoms with Gasteiger partial charge in [0, 0.05) is 32.1 Å². The van der Waals surface area contributed by atoms with Gasteiger partial charge >= 0.3 is 0 Å². The van der Waals surface area contributed by atoms with Crippen molar-refractivity contribution in [1.29, 1.82) is 0 Å². The fourth-order valence-electron chi connectivity index (χ4n) is 2.58. The van der Waals surface area contributed by atoms with E-state index in [2.05, 4.69) is 29.1 Å². The van der Waals surface area contributed by atoms with E-state index in [1.807, 2.05) is 4.90 Å². The van der Waals surface area contributed by atoms with Crippen molar-refractivity contribution in [3.05, 3.63) is 22.4 Å². The van der Waals surface area contributed by atoms with Gasteiger partial charge in [0.05, 0.1) is 0 Å². The third kappa shape index (κ3) is 3.82. The van der Waals surface area contributed by atoms with Crippen LogP contribution in [0.5, 0.6) is 0 Å². The zero-order valence-electron chi connectivity index (χ0n) is 11.2. The van der Waals surface area contributed by atoms with Crippen LogP contribution in [0.2, 0.25) is 0 Å². The second-order valence-electron chi connectivity index (χ2n) is 5.18. The van der Waals surface area contributed by atoms with E-state index < -0.39 is 0 Å². The highest BCUT2D eigenvalue weighted by Crippen LogP contribution is 2.13. The van der Waals surface area contributed by atoms with Crippen LogP contribution < -0.4 is 5.32 Å². The predicted octanol–water partition coefficient (Wildman–Crippen LogP) is 2.28. The van der Waals surface area contributed by atoms with Crippen LogP contribution in [0.3, 0.4) is 0 Å². The van der Waals surface area contributed by atoms with Gasteiger partial charge in [0.2, 0.25) is 5.91 Å². The molecule has 1 aliphatic rings. The molecule has 100 valence electrons. The van der Waals surface area contributed by atoms with Gasteiger partial charge in [-0.3, -0.25) is 4.79 Å². The summed E-state index contributed by atoms with van der Waals surface area (Å²) in [6.07, 6.45) is 3.25. The Bertz CT molecular complexity index is 369. The Hall–Kier alpha value is -0.870. The predicted molar refractivity (Wildman–Crippen MR) is 75.9 cm³/mol. The molecule has 1 aromatic rings. The van der Waals surface area contributed by atoms with Crippen LogP contribution in [0.15, 0.2) is 16.8 Å². The molecule has 1 N–H and O–H groups in total. The molecule has 0 radical (unpaired) electrons. The third-order valence-electron chi connectivity index (χ3n) is 3.58.